The van der Waals surface area contributed by atoms with Crippen molar-refractivity contribution in [1.29, 1.82) is 0 Å². The van der Waals surface area contributed by atoms with Crippen LogP contribution >= 0.6 is 0 Å². The summed E-state index contributed by atoms with van der Waals surface area (Å²) in [6, 6.07) is 6.94. The van der Waals surface area contributed by atoms with Gasteiger partial charge in [-0.3, -0.25) is 24.7 Å². The molecule has 1 N–H and O–H groups in total. The van der Waals surface area contributed by atoms with Crippen LogP contribution in [0.15, 0.2) is 49.2 Å². The summed E-state index contributed by atoms with van der Waals surface area (Å²) < 4.78 is 48.2. The number of alkyl halides is 3. The monoisotopic (exact) mass is 598 g/mol. The van der Waals surface area contributed by atoms with Crippen molar-refractivity contribution in [2.45, 2.75) is 57.3 Å². The highest BCUT2D eigenvalue weighted by atomic mass is 19.4. The minimum atomic E-state index is -4.71. The van der Waals surface area contributed by atoms with Gasteiger partial charge in [0.2, 0.25) is 17.8 Å². The first-order valence-corrected chi connectivity index (χ1v) is 14.2. The number of amides is 3. The molecule has 0 aliphatic carbocycles. The summed E-state index contributed by atoms with van der Waals surface area (Å²) in [4.78, 5) is 49.2. The molecule has 2 aliphatic heterocycles. The predicted octanol–water partition coefficient (Wildman–Crippen LogP) is 4.83. The van der Waals surface area contributed by atoms with Gasteiger partial charge in [-0.05, 0) is 49.6 Å². The SMILES string of the molecule is C=CC(=O)N1CCCCC(n2c(NC(=O)c3ccnc(C(F)(F)F)c3)nc3cccc(OC4CCN(C(C)=O)CC4)c32)C1. The van der Waals surface area contributed by atoms with Crippen molar-refractivity contribution in [3.63, 3.8) is 0 Å². The van der Waals surface area contributed by atoms with E-state index in [1.165, 1.54) is 12.1 Å². The number of carbonyl (C=O) groups is 3. The summed E-state index contributed by atoms with van der Waals surface area (Å²) >= 11 is 0. The maximum absolute atomic E-state index is 13.3. The lowest BCUT2D eigenvalue weighted by molar-refractivity contribution is -0.141. The van der Waals surface area contributed by atoms with Gasteiger partial charge in [0.05, 0.1) is 11.6 Å². The number of likely N-dealkylation sites (tertiary alicyclic amines) is 2. The summed E-state index contributed by atoms with van der Waals surface area (Å²) in [5.41, 5.74) is -0.276. The number of anilines is 1. The van der Waals surface area contributed by atoms with E-state index in [4.69, 9.17) is 4.74 Å². The Morgan fingerprint density at radius 2 is 1.84 bits per heavy atom. The number of fused-ring (bicyclic) bond motifs is 1. The molecular weight excluding hydrogens is 565 g/mol. The number of piperidine rings is 1. The molecule has 43 heavy (non-hydrogen) atoms. The van der Waals surface area contributed by atoms with Crippen LogP contribution in [0.25, 0.3) is 11.0 Å². The molecule has 3 aromatic rings. The first kappa shape index (κ1) is 30.1. The summed E-state index contributed by atoms with van der Waals surface area (Å²) in [6.45, 7) is 7.17. The molecule has 1 unspecified atom stereocenters. The van der Waals surface area contributed by atoms with E-state index >= 15 is 0 Å². The highest BCUT2D eigenvalue weighted by Gasteiger charge is 2.34. The Kier molecular flexibility index (Phi) is 8.69. The number of para-hydroxylation sites is 1. The lowest BCUT2D eigenvalue weighted by atomic mass is 10.1. The summed E-state index contributed by atoms with van der Waals surface area (Å²) in [6.07, 6.45) is 0.850. The van der Waals surface area contributed by atoms with Crippen molar-refractivity contribution in [3.05, 3.63) is 60.4 Å². The molecule has 1 atom stereocenters. The van der Waals surface area contributed by atoms with Crippen LogP contribution in [0.1, 0.15) is 61.1 Å². The van der Waals surface area contributed by atoms with E-state index in [0.29, 0.717) is 68.3 Å². The molecule has 2 aromatic heterocycles. The number of carbonyl (C=O) groups excluding carboxylic acids is 3. The zero-order valence-corrected chi connectivity index (χ0v) is 23.8. The molecule has 10 nitrogen and oxygen atoms in total. The van der Waals surface area contributed by atoms with Crippen molar-refractivity contribution in [1.82, 2.24) is 24.3 Å². The first-order chi connectivity index (χ1) is 20.5. The molecule has 0 radical (unpaired) electrons. The Labute approximate surface area is 246 Å². The van der Waals surface area contributed by atoms with Crippen LogP contribution in [-0.4, -0.2) is 74.3 Å². The van der Waals surface area contributed by atoms with Crippen molar-refractivity contribution in [3.8, 4) is 5.75 Å². The predicted molar refractivity (Wildman–Crippen MR) is 152 cm³/mol. The molecule has 2 aliphatic rings. The van der Waals surface area contributed by atoms with Gasteiger partial charge in [-0.2, -0.15) is 13.2 Å². The van der Waals surface area contributed by atoms with Crippen LogP contribution in [-0.2, 0) is 15.8 Å². The number of aromatic nitrogens is 3. The maximum Gasteiger partial charge on any atom is 0.433 e. The molecular formula is C30H33F3N6O4. The highest BCUT2D eigenvalue weighted by Crippen LogP contribution is 2.36. The number of nitrogens with one attached hydrogen (secondary N) is 1. The van der Waals surface area contributed by atoms with Gasteiger partial charge in [-0.25, -0.2) is 4.98 Å². The fourth-order valence-corrected chi connectivity index (χ4v) is 5.68. The Hall–Kier alpha value is -4.42. The number of halogens is 3. The van der Waals surface area contributed by atoms with Crippen molar-refractivity contribution in [2.75, 3.05) is 31.5 Å². The molecule has 2 saturated heterocycles. The summed E-state index contributed by atoms with van der Waals surface area (Å²) in [5.74, 6) is -0.322. The van der Waals surface area contributed by atoms with E-state index in [2.05, 4.69) is 21.9 Å². The second-order valence-corrected chi connectivity index (χ2v) is 10.8. The number of imidazole rings is 1. The number of hydrogen-bond donors (Lipinski definition) is 1. The van der Waals surface area contributed by atoms with Gasteiger partial charge >= 0.3 is 6.18 Å². The number of nitrogens with zero attached hydrogens (tertiary/aromatic N) is 5. The lowest BCUT2D eigenvalue weighted by Crippen LogP contribution is -2.40. The van der Waals surface area contributed by atoms with Gasteiger partial charge in [0.1, 0.15) is 23.1 Å². The zero-order valence-electron chi connectivity index (χ0n) is 23.8. The molecule has 3 amide bonds. The average molecular weight is 599 g/mol. The number of rotatable bonds is 6. The number of hydrogen-bond acceptors (Lipinski definition) is 6. The lowest BCUT2D eigenvalue weighted by Gasteiger charge is -2.32. The Balaban J connectivity index is 1.54. The summed E-state index contributed by atoms with van der Waals surface area (Å²) in [5, 5.41) is 2.71. The molecule has 13 heteroatoms. The highest BCUT2D eigenvalue weighted by molar-refractivity contribution is 6.04. The fraction of sp³-hybridized carbons (Fsp3) is 0.433. The smallest absolute Gasteiger partial charge is 0.433 e. The second kappa shape index (κ2) is 12.4. The standard InChI is InChI=1S/C30H33F3N6O4/c1-3-26(41)38-14-5-4-7-21(18-38)39-27-23(8-6-9-24(27)43-22-11-15-37(16-12-22)19(2)40)35-29(39)36-28(42)20-10-13-34-25(17-20)30(31,32)33/h3,6,8-10,13,17,21-22H,1,4-5,7,11-12,14-16,18H2,2H3,(H,35,36,42). The van der Waals surface area contributed by atoms with Gasteiger partial charge in [0.15, 0.2) is 0 Å². The third kappa shape index (κ3) is 6.65. The Morgan fingerprint density at radius 1 is 1.07 bits per heavy atom. The maximum atomic E-state index is 13.3. The number of pyridine rings is 1. The van der Waals surface area contributed by atoms with Crippen LogP contribution in [0.5, 0.6) is 5.75 Å². The van der Waals surface area contributed by atoms with Gasteiger partial charge in [-0.1, -0.05) is 12.6 Å². The molecule has 1 aromatic carbocycles. The number of benzene rings is 1. The van der Waals surface area contributed by atoms with Crippen LogP contribution in [0.2, 0.25) is 0 Å². The largest absolute Gasteiger partial charge is 0.488 e. The normalized spacial score (nSPS) is 18.3. The average Bonchev–Trinajstić information content (AvgIpc) is 3.17. The van der Waals surface area contributed by atoms with Gasteiger partial charge < -0.3 is 19.1 Å². The Bertz CT molecular complexity index is 1530. The van der Waals surface area contributed by atoms with Gasteiger partial charge in [-0.15, -0.1) is 0 Å². The second-order valence-electron chi connectivity index (χ2n) is 10.8. The van der Waals surface area contributed by atoms with Gasteiger partial charge in [0.25, 0.3) is 5.91 Å². The third-order valence-corrected chi connectivity index (χ3v) is 7.89. The molecule has 228 valence electrons. The topological polar surface area (TPSA) is 110 Å². The van der Waals surface area contributed by atoms with E-state index < -0.39 is 17.8 Å². The van der Waals surface area contributed by atoms with E-state index in [1.54, 1.807) is 28.9 Å². The van der Waals surface area contributed by atoms with Crippen molar-refractivity contribution < 1.29 is 32.3 Å². The van der Waals surface area contributed by atoms with Crippen molar-refractivity contribution in [2.24, 2.45) is 0 Å². The van der Waals surface area contributed by atoms with Crippen LogP contribution in [0.4, 0.5) is 19.1 Å². The van der Waals surface area contributed by atoms with Crippen molar-refractivity contribution >= 4 is 34.7 Å². The van der Waals surface area contributed by atoms with E-state index in [1.807, 2.05) is 10.6 Å². The van der Waals surface area contributed by atoms with Crippen LogP contribution < -0.4 is 10.1 Å². The minimum Gasteiger partial charge on any atom is -0.488 e. The summed E-state index contributed by atoms with van der Waals surface area (Å²) in [7, 11) is 0. The molecule has 0 bridgehead atoms. The van der Waals surface area contributed by atoms with E-state index in [0.717, 1.165) is 19.0 Å². The minimum absolute atomic E-state index is 0.0163. The van der Waals surface area contributed by atoms with Crippen LogP contribution in [0.3, 0.4) is 0 Å². The molecule has 4 heterocycles. The molecule has 2 fully saturated rings. The third-order valence-electron chi connectivity index (χ3n) is 7.89. The molecule has 0 spiro atoms. The first-order valence-electron chi connectivity index (χ1n) is 14.2. The molecule has 0 saturated carbocycles. The van der Waals surface area contributed by atoms with Gasteiger partial charge in [0, 0.05) is 57.7 Å². The number of ether oxygens (including phenoxy) is 1. The zero-order chi connectivity index (χ0) is 30.7. The van der Waals surface area contributed by atoms with E-state index in [-0.39, 0.29) is 35.5 Å². The van der Waals surface area contributed by atoms with E-state index in [9.17, 15) is 27.6 Å². The Morgan fingerprint density at radius 3 is 2.53 bits per heavy atom. The van der Waals surface area contributed by atoms with Crippen LogP contribution in [0, 0.1) is 0 Å². The molecule has 5 rings (SSSR count). The fourth-order valence-electron chi connectivity index (χ4n) is 5.68. The quantitative estimate of drug-likeness (QED) is 0.407.